The maximum atomic E-state index is 12.7. The van der Waals surface area contributed by atoms with Crippen molar-refractivity contribution < 1.29 is 14.3 Å². The minimum Gasteiger partial charge on any atom is -0.452 e. The molecule has 3 rings (SSSR count). The van der Waals surface area contributed by atoms with Crippen molar-refractivity contribution in [2.45, 2.75) is 51.0 Å². The van der Waals surface area contributed by atoms with E-state index in [0.717, 1.165) is 30.7 Å². The van der Waals surface area contributed by atoms with Gasteiger partial charge in [0.25, 0.3) is 5.91 Å². The Morgan fingerprint density at radius 3 is 2.73 bits per heavy atom. The van der Waals surface area contributed by atoms with Gasteiger partial charge in [-0.1, -0.05) is 32.4 Å². The molecule has 4 nitrogen and oxygen atoms in total. The summed E-state index contributed by atoms with van der Waals surface area (Å²) in [7, 11) is 0. The molecule has 2 aliphatic rings. The highest BCUT2D eigenvalue weighted by atomic mass is 35.5. The van der Waals surface area contributed by atoms with Crippen molar-refractivity contribution in [2.75, 3.05) is 19.4 Å². The Morgan fingerprint density at radius 1 is 1.31 bits per heavy atom. The second kappa shape index (κ2) is 7.08. The normalized spacial score (nSPS) is 26.7. The van der Waals surface area contributed by atoms with Gasteiger partial charge in [0.2, 0.25) is 0 Å². The molecule has 0 unspecified atom stereocenters. The Labute approximate surface area is 164 Å². The highest BCUT2D eigenvalue weighted by Gasteiger charge is 2.50. The van der Waals surface area contributed by atoms with Gasteiger partial charge in [-0.25, -0.2) is 4.79 Å². The fraction of sp³-hybridized carbons (Fsp3) is 0.600. The minimum absolute atomic E-state index is 0.109. The first kappa shape index (κ1) is 19.6. The first-order valence-corrected chi connectivity index (χ1v) is 10.5. The molecule has 1 aliphatic carbocycles. The number of amides is 1. The number of hydrogen-bond acceptors (Lipinski definition) is 4. The lowest BCUT2D eigenvalue weighted by Crippen LogP contribution is -2.39. The van der Waals surface area contributed by atoms with Crippen LogP contribution in [0.1, 0.15) is 50.4 Å². The Hall–Kier alpha value is -1.20. The molecule has 2 atom stereocenters. The van der Waals surface area contributed by atoms with Crippen LogP contribution in [0, 0.1) is 10.8 Å². The van der Waals surface area contributed by atoms with Gasteiger partial charge in [-0.15, -0.1) is 11.8 Å². The largest absolute Gasteiger partial charge is 0.452 e. The third kappa shape index (κ3) is 4.04. The van der Waals surface area contributed by atoms with E-state index in [1.54, 1.807) is 12.1 Å². The number of fused-ring (bicyclic) bond motifs is 2. The summed E-state index contributed by atoms with van der Waals surface area (Å²) in [4.78, 5) is 27.9. The average Bonchev–Trinajstić information content (AvgIpc) is 2.81. The van der Waals surface area contributed by atoms with Crippen LogP contribution in [0.25, 0.3) is 0 Å². The zero-order chi connectivity index (χ0) is 19.1. The van der Waals surface area contributed by atoms with Gasteiger partial charge in [-0.05, 0) is 54.5 Å². The third-order valence-corrected chi connectivity index (χ3v) is 6.51. The SMILES string of the molecule is CSc1ccc(Cl)c(C(=O)OCC(=O)N2C[C@@]3(C)C[C@H]2CC(C)(C)C3)c1. The van der Waals surface area contributed by atoms with E-state index in [4.69, 9.17) is 16.3 Å². The first-order chi connectivity index (χ1) is 12.1. The number of likely N-dealkylation sites (tertiary alicyclic amines) is 1. The van der Waals surface area contributed by atoms with Gasteiger partial charge in [-0.3, -0.25) is 4.79 Å². The standard InChI is InChI=1S/C20H26ClNO3S/c1-19(2)8-13-9-20(3,11-19)12-22(13)17(23)10-25-18(24)15-7-14(26-4)5-6-16(15)21/h5-7,13H,8-12H2,1-4H3/t13-,20+/m1/s1. The quantitative estimate of drug-likeness (QED) is 0.550. The van der Waals surface area contributed by atoms with Crippen molar-refractivity contribution in [1.82, 2.24) is 4.90 Å². The lowest BCUT2D eigenvalue weighted by Gasteiger charge is -2.39. The number of thioether (sulfide) groups is 1. The van der Waals surface area contributed by atoms with E-state index in [0.29, 0.717) is 10.6 Å². The highest BCUT2D eigenvalue weighted by Crippen LogP contribution is 2.52. The monoisotopic (exact) mass is 395 g/mol. The maximum Gasteiger partial charge on any atom is 0.340 e. The number of ether oxygens (including phenoxy) is 1. The molecule has 2 bridgehead atoms. The predicted molar refractivity (Wildman–Crippen MR) is 105 cm³/mol. The van der Waals surface area contributed by atoms with Gasteiger partial charge in [-0.2, -0.15) is 0 Å². The molecule has 26 heavy (non-hydrogen) atoms. The zero-order valence-corrected chi connectivity index (χ0v) is 17.4. The molecule has 142 valence electrons. The molecule has 1 saturated heterocycles. The molecular weight excluding hydrogens is 370 g/mol. The summed E-state index contributed by atoms with van der Waals surface area (Å²) in [5.41, 5.74) is 0.719. The van der Waals surface area contributed by atoms with Crippen molar-refractivity contribution in [3.05, 3.63) is 28.8 Å². The van der Waals surface area contributed by atoms with E-state index in [1.165, 1.54) is 11.8 Å². The van der Waals surface area contributed by atoms with E-state index < -0.39 is 5.97 Å². The van der Waals surface area contributed by atoms with Crippen molar-refractivity contribution in [1.29, 1.82) is 0 Å². The fourth-order valence-corrected chi connectivity index (χ4v) is 5.46. The summed E-state index contributed by atoms with van der Waals surface area (Å²) in [6, 6.07) is 5.48. The van der Waals surface area contributed by atoms with Crippen LogP contribution in [-0.4, -0.2) is 42.2 Å². The highest BCUT2D eigenvalue weighted by molar-refractivity contribution is 7.98. The van der Waals surface area contributed by atoms with Gasteiger partial charge in [0.1, 0.15) is 0 Å². The molecule has 0 spiro atoms. The number of rotatable bonds is 4. The van der Waals surface area contributed by atoms with Crippen LogP contribution in [0.15, 0.2) is 23.1 Å². The first-order valence-electron chi connectivity index (χ1n) is 8.93. The van der Waals surface area contributed by atoms with Crippen LogP contribution in [-0.2, 0) is 9.53 Å². The summed E-state index contributed by atoms with van der Waals surface area (Å²) in [6.45, 7) is 7.32. The van der Waals surface area contributed by atoms with Crippen LogP contribution in [0.5, 0.6) is 0 Å². The molecule has 1 aromatic rings. The van der Waals surface area contributed by atoms with E-state index in [-0.39, 0.29) is 29.4 Å². The van der Waals surface area contributed by atoms with Gasteiger partial charge in [0, 0.05) is 17.5 Å². The molecule has 0 aromatic heterocycles. The van der Waals surface area contributed by atoms with Crippen molar-refractivity contribution in [3.8, 4) is 0 Å². The number of hydrogen-bond donors (Lipinski definition) is 0. The Balaban J connectivity index is 1.64. The van der Waals surface area contributed by atoms with Crippen LogP contribution >= 0.6 is 23.4 Å². The molecule has 1 saturated carbocycles. The summed E-state index contributed by atoms with van der Waals surface area (Å²) in [6.07, 6.45) is 5.09. The zero-order valence-electron chi connectivity index (χ0n) is 15.8. The molecule has 1 aromatic carbocycles. The Bertz CT molecular complexity index is 736. The summed E-state index contributed by atoms with van der Waals surface area (Å²) in [5.74, 6) is -0.658. The van der Waals surface area contributed by atoms with Gasteiger partial charge in [0.15, 0.2) is 6.61 Å². The van der Waals surface area contributed by atoms with Crippen LogP contribution in [0.3, 0.4) is 0 Å². The van der Waals surface area contributed by atoms with Crippen molar-refractivity contribution in [3.63, 3.8) is 0 Å². The second-order valence-electron chi connectivity index (χ2n) is 8.66. The Kier molecular flexibility index (Phi) is 5.33. The minimum atomic E-state index is -0.548. The van der Waals surface area contributed by atoms with Gasteiger partial charge < -0.3 is 9.64 Å². The van der Waals surface area contributed by atoms with Crippen LogP contribution < -0.4 is 0 Å². The van der Waals surface area contributed by atoms with E-state index in [1.807, 2.05) is 17.2 Å². The molecular formula is C20H26ClNO3S. The molecule has 0 N–H and O–H groups in total. The van der Waals surface area contributed by atoms with E-state index >= 15 is 0 Å². The molecule has 6 heteroatoms. The van der Waals surface area contributed by atoms with Crippen LogP contribution in [0.2, 0.25) is 5.02 Å². The fourth-order valence-electron chi connectivity index (χ4n) is 4.83. The lowest BCUT2D eigenvalue weighted by molar-refractivity contribution is -0.135. The topological polar surface area (TPSA) is 46.6 Å². The van der Waals surface area contributed by atoms with E-state index in [2.05, 4.69) is 20.8 Å². The Morgan fingerprint density at radius 2 is 2.04 bits per heavy atom. The number of nitrogens with zero attached hydrogens (tertiary/aromatic N) is 1. The number of benzene rings is 1. The van der Waals surface area contributed by atoms with E-state index in [9.17, 15) is 9.59 Å². The molecule has 2 fully saturated rings. The lowest BCUT2D eigenvalue weighted by atomic mass is 9.65. The summed E-state index contributed by atoms with van der Waals surface area (Å²) >= 11 is 7.63. The third-order valence-electron chi connectivity index (χ3n) is 5.46. The number of carbonyl (C=O) groups excluding carboxylic acids is 2. The van der Waals surface area contributed by atoms with Gasteiger partial charge in [0.05, 0.1) is 10.6 Å². The van der Waals surface area contributed by atoms with Crippen molar-refractivity contribution in [2.24, 2.45) is 10.8 Å². The molecule has 1 heterocycles. The summed E-state index contributed by atoms with van der Waals surface area (Å²) < 4.78 is 5.29. The summed E-state index contributed by atoms with van der Waals surface area (Å²) in [5, 5.41) is 0.339. The molecule has 1 amide bonds. The molecule has 1 aliphatic heterocycles. The number of halogens is 1. The number of esters is 1. The van der Waals surface area contributed by atoms with Gasteiger partial charge >= 0.3 is 5.97 Å². The number of carbonyl (C=O) groups is 2. The van der Waals surface area contributed by atoms with Crippen LogP contribution in [0.4, 0.5) is 0 Å². The molecule has 0 radical (unpaired) electrons. The average molecular weight is 396 g/mol. The predicted octanol–water partition coefficient (Wildman–Crippen LogP) is 4.65. The van der Waals surface area contributed by atoms with Crippen molar-refractivity contribution >= 4 is 35.2 Å². The smallest absolute Gasteiger partial charge is 0.340 e. The second-order valence-corrected chi connectivity index (χ2v) is 9.94. The maximum absolute atomic E-state index is 12.7.